The van der Waals surface area contributed by atoms with E-state index in [-0.39, 0.29) is 17.6 Å². The average molecular weight is 339 g/mol. The van der Waals surface area contributed by atoms with Crippen LogP contribution in [0.1, 0.15) is 44.7 Å². The third kappa shape index (κ3) is 3.78. The van der Waals surface area contributed by atoms with Crippen molar-refractivity contribution < 1.29 is 14.0 Å². The van der Waals surface area contributed by atoms with Crippen LogP contribution in [-0.2, 0) is 0 Å². The Hall–Kier alpha value is -2.49. The number of nitrogens with zero attached hydrogens (tertiary/aromatic N) is 1. The van der Waals surface area contributed by atoms with Gasteiger partial charge >= 0.3 is 0 Å². The molecular formula is C21H22FNO2. The van der Waals surface area contributed by atoms with Crippen molar-refractivity contribution in [1.29, 1.82) is 0 Å². The summed E-state index contributed by atoms with van der Waals surface area (Å²) >= 11 is 0. The minimum atomic E-state index is -0.411. The molecule has 2 aromatic rings. The van der Waals surface area contributed by atoms with Crippen LogP contribution >= 0.6 is 0 Å². The summed E-state index contributed by atoms with van der Waals surface area (Å²) in [6, 6.07) is 11.6. The van der Waals surface area contributed by atoms with Gasteiger partial charge in [0.15, 0.2) is 5.78 Å². The highest BCUT2D eigenvalue weighted by Gasteiger charge is 2.29. The van der Waals surface area contributed by atoms with E-state index in [0.29, 0.717) is 31.5 Å². The first-order valence-corrected chi connectivity index (χ1v) is 8.62. The third-order valence-corrected chi connectivity index (χ3v) is 4.87. The van der Waals surface area contributed by atoms with Crippen LogP contribution in [0, 0.1) is 25.6 Å². The topological polar surface area (TPSA) is 37.4 Å². The Morgan fingerprint density at radius 2 is 1.76 bits per heavy atom. The van der Waals surface area contributed by atoms with Crippen LogP contribution in [0.5, 0.6) is 0 Å². The highest BCUT2D eigenvalue weighted by atomic mass is 19.1. The molecule has 0 unspecified atom stereocenters. The van der Waals surface area contributed by atoms with Gasteiger partial charge in [-0.15, -0.1) is 0 Å². The van der Waals surface area contributed by atoms with Gasteiger partial charge in [-0.25, -0.2) is 4.39 Å². The molecule has 0 aliphatic carbocycles. The molecule has 0 atom stereocenters. The Morgan fingerprint density at radius 1 is 1.04 bits per heavy atom. The summed E-state index contributed by atoms with van der Waals surface area (Å²) < 4.78 is 13.3. The van der Waals surface area contributed by atoms with Gasteiger partial charge in [0, 0.05) is 30.1 Å². The lowest BCUT2D eigenvalue weighted by atomic mass is 9.87. The lowest BCUT2D eigenvalue weighted by Gasteiger charge is -2.31. The summed E-state index contributed by atoms with van der Waals surface area (Å²) in [7, 11) is 0. The lowest BCUT2D eigenvalue weighted by molar-refractivity contribution is 0.0650. The number of likely N-dealkylation sites (tertiary alicyclic amines) is 1. The number of hydrogen-bond acceptors (Lipinski definition) is 2. The van der Waals surface area contributed by atoms with Gasteiger partial charge < -0.3 is 4.90 Å². The van der Waals surface area contributed by atoms with Gasteiger partial charge in [0.05, 0.1) is 0 Å². The summed E-state index contributed by atoms with van der Waals surface area (Å²) in [6.45, 7) is 5.02. The van der Waals surface area contributed by atoms with Crippen LogP contribution in [0.2, 0.25) is 0 Å². The quantitative estimate of drug-likeness (QED) is 0.787. The summed E-state index contributed by atoms with van der Waals surface area (Å²) in [6.07, 6.45) is 1.29. The number of ketones is 1. The van der Waals surface area contributed by atoms with E-state index in [1.165, 1.54) is 12.1 Å². The van der Waals surface area contributed by atoms with Crippen LogP contribution in [0.25, 0.3) is 0 Å². The van der Waals surface area contributed by atoms with Crippen molar-refractivity contribution in [3.8, 4) is 0 Å². The largest absolute Gasteiger partial charge is 0.339 e. The van der Waals surface area contributed by atoms with Gasteiger partial charge in [0.1, 0.15) is 5.82 Å². The molecule has 130 valence electrons. The smallest absolute Gasteiger partial charge is 0.253 e. The summed E-state index contributed by atoms with van der Waals surface area (Å²) in [5.74, 6) is -0.476. The Bertz CT molecular complexity index is 807. The SMILES string of the molecule is Cc1ccc(C(=O)C2CCN(C(=O)c3cccc(F)c3)CC2)c(C)c1. The van der Waals surface area contributed by atoms with E-state index in [9.17, 15) is 14.0 Å². The van der Waals surface area contributed by atoms with Crippen molar-refractivity contribution in [2.45, 2.75) is 26.7 Å². The molecule has 0 radical (unpaired) electrons. The molecule has 0 N–H and O–H groups in total. The monoisotopic (exact) mass is 339 g/mol. The molecule has 1 aliphatic heterocycles. The number of aryl methyl sites for hydroxylation is 2. The maximum atomic E-state index is 13.3. The third-order valence-electron chi connectivity index (χ3n) is 4.87. The van der Waals surface area contributed by atoms with E-state index < -0.39 is 5.82 Å². The minimum absolute atomic E-state index is 0.0574. The van der Waals surface area contributed by atoms with Crippen molar-refractivity contribution in [2.24, 2.45) is 5.92 Å². The maximum Gasteiger partial charge on any atom is 0.253 e. The van der Waals surface area contributed by atoms with Crippen molar-refractivity contribution in [3.05, 3.63) is 70.5 Å². The number of piperidine rings is 1. The summed E-state index contributed by atoms with van der Waals surface area (Å²) in [4.78, 5) is 26.9. The van der Waals surface area contributed by atoms with Crippen LogP contribution in [0.3, 0.4) is 0 Å². The predicted molar refractivity (Wildman–Crippen MR) is 95.3 cm³/mol. The second-order valence-corrected chi connectivity index (χ2v) is 6.76. The summed E-state index contributed by atoms with van der Waals surface area (Å²) in [5.41, 5.74) is 3.28. The molecule has 0 saturated carbocycles. The molecule has 2 aromatic carbocycles. The zero-order valence-electron chi connectivity index (χ0n) is 14.6. The van der Waals surface area contributed by atoms with Crippen LogP contribution in [0.4, 0.5) is 4.39 Å². The second-order valence-electron chi connectivity index (χ2n) is 6.76. The van der Waals surface area contributed by atoms with Gasteiger partial charge in [0.25, 0.3) is 5.91 Å². The van der Waals surface area contributed by atoms with E-state index in [1.807, 2.05) is 32.0 Å². The van der Waals surface area contributed by atoms with Gasteiger partial charge in [0.2, 0.25) is 0 Å². The normalized spacial score (nSPS) is 15.2. The van der Waals surface area contributed by atoms with E-state index in [2.05, 4.69) is 0 Å². The van der Waals surface area contributed by atoms with Gasteiger partial charge in [-0.05, 0) is 50.5 Å². The molecule has 25 heavy (non-hydrogen) atoms. The van der Waals surface area contributed by atoms with Gasteiger partial charge in [-0.1, -0.05) is 29.8 Å². The number of carbonyl (C=O) groups excluding carboxylic acids is 2. The van der Waals surface area contributed by atoms with E-state index in [0.717, 1.165) is 16.7 Å². The fraction of sp³-hybridized carbons (Fsp3) is 0.333. The highest BCUT2D eigenvalue weighted by Crippen LogP contribution is 2.25. The van der Waals surface area contributed by atoms with Gasteiger partial charge in [-0.3, -0.25) is 9.59 Å². The number of carbonyl (C=O) groups is 2. The van der Waals surface area contributed by atoms with Crippen LogP contribution in [-0.4, -0.2) is 29.7 Å². The summed E-state index contributed by atoms with van der Waals surface area (Å²) in [5, 5.41) is 0. The first kappa shape index (κ1) is 17.3. The number of hydrogen-bond donors (Lipinski definition) is 0. The van der Waals surface area contributed by atoms with Crippen molar-refractivity contribution >= 4 is 11.7 Å². The van der Waals surface area contributed by atoms with E-state index in [4.69, 9.17) is 0 Å². The number of Topliss-reactive ketones (excluding diaryl/α,β-unsaturated/α-hetero) is 1. The lowest BCUT2D eigenvalue weighted by Crippen LogP contribution is -2.40. The van der Waals surface area contributed by atoms with Crippen molar-refractivity contribution in [1.82, 2.24) is 4.90 Å². The Labute approximate surface area is 147 Å². The zero-order chi connectivity index (χ0) is 18.0. The Balaban J connectivity index is 1.65. The fourth-order valence-electron chi connectivity index (χ4n) is 3.46. The fourth-order valence-corrected chi connectivity index (χ4v) is 3.46. The first-order chi connectivity index (χ1) is 12.0. The first-order valence-electron chi connectivity index (χ1n) is 8.62. The van der Waals surface area contributed by atoms with E-state index in [1.54, 1.807) is 17.0 Å². The maximum absolute atomic E-state index is 13.3. The minimum Gasteiger partial charge on any atom is -0.339 e. The van der Waals surface area contributed by atoms with Crippen molar-refractivity contribution in [3.63, 3.8) is 0 Å². The molecule has 1 heterocycles. The van der Waals surface area contributed by atoms with E-state index >= 15 is 0 Å². The molecule has 0 bridgehead atoms. The Morgan fingerprint density at radius 3 is 2.40 bits per heavy atom. The molecular weight excluding hydrogens is 317 g/mol. The standard InChI is InChI=1S/C21H22FNO2/c1-14-6-7-19(15(2)12-14)20(24)16-8-10-23(11-9-16)21(25)17-4-3-5-18(22)13-17/h3-7,12-13,16H,8-11H2,1-2H3. The average Bonchev–Trinajstić information content (AvgIpc) is 2.61. The molecule has 1 saturated heterocycles. The van der Waals surface area contributed by atoms with Crippen molar-refractivity contribution in [2.75, 3.05) is 13.1 Å². The van der Waals surface area contributed by atoms with Gasteiger partial charge in [-0.2, -0.15) is 0 Å². The molecule has 4 heteroatoms. The number of benzene rings is 2. The highest BCUT2D eigenvalue weighted by molar-refractivity contribution is 5.99. The molecule has 3 rings (SSSR count). The number of halogens is 1. The molecule has 1 aliphatic rings. The molecule has 0 spiro atoms. The predicted octanol–water partition coefficient (Wildman–Crippen LogP) is 4.18. The molecule has 0 aromatic heterocycles. The van der Waals surface area contributed by atoms with Crippen LogP contribution in [0.15, 0.2) is 42.5 Å². The number of amides is 1. The van der Waals surface area contributed by atoms with Crippen LogP contribution < -0.4 is 0 Å². The zero-order valence-corrected chi connectivity index (χ0v) is 14.6. The molecule has 3 nitrogen and oxygen atoms in total. The Kier molecular flexibility index (Phi) is 4.98. The molecule has 1 amide bonds. The molecule has 1 fully saturated rings. The number of rotatable bonds is 3. The second kappa shape index (κ2) is 7.18.